The maximum atomic E-state index is 2.63. The van der Waals surface area contributed by atoms with E-state index < -0.39 is 0 Å². The molecule has 1 aliphatic heterocycles. The van der Waals surface area contributed by atoms with E-state index >= 15 is 0 Å². The van der Waals surface area contributed by atoms with E-state index in [1.165, 1.54) is 102 Å². The van der Waals surface area contributed by atoms with Gasteiger partial charge in [0.1, 0.15) is 0 Å². The molecular formula is C46H29NS3. The topological polar surface area (TPSA) is 3.24 Å². The van der Waals surface area contributed by atoms with Crippen molar-refractivity contribution in [1.29, 1.82) is 0 Å². The van der Waals surface area contributed by atoms with Crippen molar-refractivity contribution in [3.8, 4) is 20.9 Å². The van der Waals surface area contributed by atoms with Crippen LogP contribution in [0, 0.1) is 0 Å². The molecule has 236 valence electrons. The van der Waals surface area contributed by atoms with Gasteiger partial charge in [-0.05, 0) is 91.0 Å². The number of para-hydroxylation sites is 1. The lowest BCUT2D eigenvalue weighted by Crippen LogP contribution is -2.36. The number of nitrogens with zero attached hydrogens (tertiary/aromatic N) is 1. The van der Waals surface area contributed by atoms with Crippen molar-refractivity contribution in [2.45, 2.75) is 24.7 Å². The Kier molecular flexibility index (Phi) is 5.23. The van der Waals surface area contributed by atoms with Gasteiger partial charge in [-0.25, -0.2) is 0 Å². The molecule has 6 aromatic carbocycles. The largest absolute Gasteiger partial charge is 0.308 e. The molecule has 9 aromatic rings. The lowest BCUT2D eigenvalue weighted by Gasteiger charge is -2.45. The Bertz CT molecular complexity index is 2890. The van der Waals surface area contributed by atoms with E-state index in [1.54, 1.807) is 0 Å². The van der Waals surface area contributed by atoms with Crippen LogP contribution in [0.5, 0.6) is 0 Å². The summed E-state index contributed by atoms with van der Waals surface area (Å²) in [6.07, 6.45) is 0. The van der Waals surface area contributed by atoms with Gasteiger partial charge >= 0.3 is 0 Å². The first kappa shape index (κ1) is 27.8. The molecule has 0 saturated heterocycles. The Labute approximate surface area is 302 Å². The van der Waals surface area contributed by atoms with Crippen LogP contribution in [-0.4, -0.2) is 0 Å². The van der Waals surface area contributed by atoms with Gasteiger partial charge < -0.3 is 4.90 Å². The van der Waals surface area contributed by atoms with Crippen LogP contribution in [0.2, 0.25) is 0 Å². The molecule has 50 heavy (non-hydrogen) atoms. The Morgan fingerprint density at radius 3 is 1.98 bits per heavy atom. The summed E-state index contributed by atoms with van der Waals surface area (Å²) in [6.45, 7) is 4.75. The highest BCUT2D eigenvalue weighted by atomic mass is 32.1. The molecule has 0 radical (unpaired) electrons. The van der Waals surface area contributed by atoms with E-state index in [4.69, 9.17) is 0 Å². The average molecular weight is 692 g/mol. The lowest BCUT2D eigenvalue weighted by molar-refractivity contribution is 0.661. The van der Waals surface area contributed by atoms with Crippen molar-refractivity contribution in [1.82, 2.24) is 0 Å². The van der Waals surface area contributed by atoms with Crippen molar-refractivity contribution >= 4 is 82.0 Å². The van der Waals surface area contributed by atoms with Gasteiger partial charge in [0, 0.05) is 36.0 Å². The zero-order chi connectivity index (χ0) is 32.9. The number of thiophene rings is 3. The minimum Gasteiger partial charge on any atom is -0.308 e. The van der Waals surface area contributed by atoms with E-state index in [2.05, 4.69) is 157 Å². The summed E-state index contributed by atoms with van der Waals surface area (Å²) in [5.41, 5.74) is 14.5. The van der Waals surface area contributed by atoms with Crippen LogP contribution in [-0.2, 0) is 10.8 Å². The fourth-order valence-corrected chi connectivity index (χ4v) is 13.2. The summed E-state index contributed by atoms with van der Waals surface area (Å²) in [5, 5.41) is 9.86. The quantitative estimate of drug-likeness (QED) is 0.166. The van der Waals surface area contributed by atoms with Crippen LogP contribution in [0.25, 0.3) is 51.8 Å². The number of rotatable bonds is 1. The average Bonchev–Trinajstić information content (AvgIpc) is 3.97. The zero-order valence-electron chi connectivity index (χ0n) is 27.5. The molecule has 0 atom stereocenters. The Balaban J connectivity index is 1.25. The molecule has 3 aromatic heterocycles. The summed E-state index contributed by atoms with van der Waals surface area (Å²) in [6, 6.07) is 48.7. The Hall–Kier alpha value is -5.00. The van der Waals surface area contributed by atoms with Crippen LogP contribution >= 0.6 is 34.0 Å². The zero-order valence-corrected chi connectivity index (χ0v) is 29.9. The van der Waals surface area contributed by atoms with Crippen LogP contribution in [0.1, 0.15) is 47.2 Å². The van der Waals surface area contributed by atoms with Crippen molar-refractivity contribution < 1.29 is 0 Å². The van der Waals surface area contributed by atoms with E-state index in [9.17, 15) is 0 Å². The second-order valence-corrected chi connectivity index (χ2v) is 17.3. The molecule has 12 rings (SSSR count). The Morgan fingerprint density at radius 2 is 1.14 bits per heavy atom. The number of benzene rings is 6. The molecule has 0 unspecified atom stereocenters. The summed E-state index contributed by atoms with van der Waals surface area (Å²) >= 11 is 5.71. The number of hydrogen-bond acceptors (Lipinski definition) is 4. The van der Waals surface area contributed by atoms with Crippen molar-refractivity contribution in [3.05, 3.63) is 172 Å². The molecular weight excluding hydrogens is 663 g/mol. The molecule has 3 aliphatic rings. The number of fused-ring (bicyclic) bond motifs is 18. The standard InChI is InChI=1S/C46H29NS3/c1-45(2)31-13-5-3-11-30(31)40-28-12-9-16-37(26(28)18-20-33(40)45)47-38-15-7-6-14-32(38)46(35-22-24-48-43(35)44-36(46)23-25-49-44)34-21-19-29-27-10-4-8-17-39(27)50-42(29)41(34)47/h3-25H,1-2H3. The predicted octanol–water partition coefficient (Wildman–Crippen LogP) is 13.8. The SMILES string of the molecule is CC1(C)c2ccccc2-c2c1ccc1c(N3c4ccccc4C4(c5ccsc5-c5sccc54)c4ccc5c(sc6ccccc65)c43)cccc21. The highest BCUT2D eigenvalue weighted by molar-refractivity contribution is 7.26. The summed E-state index contributed by atoms with van der Waals surface area (Å²) < 4.78 is 2.68. The van der Waals surface area contributed by atoms with E-state index in [-0.39, 0.29) is 10.8 Å². The van der Waals surface area contributed by atoms with Crippen LogP contribution in [0.3, 0.4) is 0 Å². The maximum absolute atomic E-state index is 2.63. The van der Waals surface area contributed by atoms with Gasteiger partial charge in [-0.15, -0.1) is 34.0 Å². The summed E-state index contributed by atoms with van der Waals surface area (Å²) in [7, 11) is 0. The summed E-state index contributed by atoms with van der Waals surface area (Å²) in [4.78, 5) is 5.47. The van der Waals surface area contributed by atoms with Crippen molar-refractivity contribution in [2.75, 3.05) is 4.90 Å². The molecule has 4 heteroatoms. The molecule has 1 nitrogen and oxygen atoms in total. The second-order valence-electron chi connectivity index (χ2n) is 14.4. The fraction of sp³-hybridized carbons (Fsp3) is 0.0870. The highest BCUT2D eigenvalue weighted by Gasteiger charge is 2.53. The molecule has 0 fully saturated rings. The molecule has 0 amide bonds. The van der Waals surface area contributed by atoms with E-state index in [0.29, 0.717) is 0 Å². The monoisotopic (exact) mass is 691 g/mol. The fourth-order valence-electron chi connectivity index (χ4n) is 9.83. The molecule has 0 bridgehead atoms. The van der Waals surface area contributed by atoms with Gasteiger partial charge in [0.15, 0.2) is 0 Å². The third-order valence-corrected chi connectivity index (χ3v) is 15.1. The summed E-state index contributed by atoms with van der Waals surface area (Å²) in [5.74, 6) is 0. The first-order valence-corrected chi connectivity index (χ1v) is 19.8. The minimum atomic E-state index is -0.383. The van der Waals surface area contributed by atoms with Gasteiger partial charge in [-0.1, -0.05) is 111 Å². The third kappa shape index (κ3) is 3.12. The third-order valence-electron chi connectivity index (χ3n) is 11.9. The smallest absolute Gasteiger partial charge is 0.0771 e. The van der Waals surface area contributed by atoms with E-state index in [1.807, 2.05) is 34.0 Å². The van der Waals surface area contributed by atoms with Gasteiger partial charge in [0.2, 0.25) is 0 Å². The number of anilines is 3. The first-order chi connectivity index (χ1) is 24.6. The highest BCUT2D eigenvalue weighted by Crippen LogP contribution is 2.67. The van der Waals surface area contributed by atoms with Crippen molar-refractivity contribution in [3.63, 3.8) is 0 Å². The lowest BCUT2D eigenvalue weighted by atomic mass is 9.65. The van der Waals surface area contributed by atoms with Gasteiger partial charge in [0.05, 0.1) is 27.2 Å². The molecule has 0 N–H and O–H groups in total. The van der Waals surface area contributed by atoms with Gasteiger partial charge in [-0.3, -0.25) is 0 Å². The normalized spacial score (nSPS) is 15.7. The predicted molar refractivity (Wildman–Crippen MR) is 216 cm³/mol. The van der Waals surface area contributed by atoms with Crippen molar-refractivity contribution in [2.24, 2.45) is 0 Å². The van der Waals surface area contributed by atoms with Crippen LogP contribution in [0.4, 0.5) is 17.1 Å². The molecule has 0 saturated carbocycles. The maximum Gasteiger partial charge on any atom is 0.0771 e. The molecule has 4 heterocycles. The van der Waals surface area contributed by atoms with E-state index in [0.717, 1.165) is 0 Å². The minimum absolute atomic E-state index is 0.0466. The van der Waals surface area contributed by atoms with Gasteiger partial charge in [-0.2, -0.15) is 0 Å². The molecule has 2 aliphatic carbocycles. The van der Waals surface area contributed by atoms with Gasteiger partial charge in [0.25, 0.3) is 0 Å². The van der Waals surface area contributed by atoms with Crippen LogP contribution in [0.15, 0.2) is 138 Å². The second kappa shape index (κ2) is 9.41. The Morgan fingerprint density at radius 1 is 0.480 bits per heavy atom. The number of hydrogen-bond donors (Lipinski definition) is 0. The van der Waals surface area contributed by atoms with Crippen LogP contribution < -0.4 is 4.90 Å². The first-order valence-electron chi connectivity index (χ1n) is 17.3. The molecule has 1 spiro atoms.